The molecule has 2 aromatic heterocycles. The number of benzene rings is 2. The van der Waals surface area contributed by atoms with Crippen molar-refractivity contribution < 1.29 is 19.9 Å². The van der Waals surface area contributed by atoms with Crippen LogP contribution >= 0.6 is 0 Å². The van der Waals surface area contributed by atoms with Gasteiger partial charge in [-0.15, -0.1) is 0 Å². The molecule has 0 radical (unpaired) electrons. The number of nitrogens with zero attached hydrogens (tertiary/aromatic N) is 1. The van der Waals surface area contributed by atoms with E-state index in [4.69, 9.17) is 4.74 Å². The predicted molar refractivity (Wildman–Crippen MR) is 116 cm³/mol. The van der Waals surface area contributed by atoms with Crippen molar-refractivity contribution in [2.75, 3.05) is 11.9 Å². The van der Waals surface area contributed by atoms with E-state index in [2.05, 4.69) is 15.3 Å². The van der Waals surface area contributed by atoms with Gasteiger partial charge in [0.15, 0.2) is 17.5 Å². The number of phenolic OH excluding ortho intramolecular Hbond substituents is 2. The van der Waals surface area contributed by atoms with Crippen molar-refractivity contribution in [3.8, 4) is 17.2 Å². The Balaban J connectivity index is 1.90. The molecular weight excluding hydrogens is 378 g/mol. The molecule has 0 saturated carbocycles. The lowest BCUT2D eigenvalue weighted by Crippen LogP contribution is -2.19. The fourth-order valence-electron chi connectivity index (χ4n) is 3.53. The van der Waals surface area contributed by atoms with Gasteiger partial charge in [-0.2, -0.15) is 0 Å². The number of nitrogens with one attached hydrogen (secondary N) is 2. The van der Waals surface area contributed by atoms with Gasteiger partial charge >= 0.3 is 0 Å². The Labute approximate surface area is 174 Å². The maximum absolute atomic E-state index is 11.1. The molecule has 0 spiro atoms. The van der Waals surface area contributed by atoms with Gasteiger partial charge in [-0.3, -0.25) is 5.32 Å². The molecule has 30 heavy (non-hydrogen) atoms. The van der Waals surface area contributed by atoms with E-state index in [1.165, 1.54) is 0 Å². The highest BCUT2D eigenvalue weighted by molar-refractivity contribution is 5.86. The Bertz CT molecular complexity index is 1180. The van der Waals surface area contributed by atoms with Crippen molar-refractivity contribution in [3.63, 3.8) is 0 Å². The van der Waals surface area contributed by atoms with Crippen LogP contribution in [0.1, 0.15) is 29.8 Å². The highest BCUT2D eigenvalue weighted by atomic mass is 16.5. The van der Waals surface area contributed by atoms with Crippen molar-refractivity contribution >= 4 is 16.7 Å². The van der Waals surface area contributed by atoms with E-state index in [1.54, 1.807) is 12.3 Å². The fourth-order valence-corrected chi connectivity index (χ4v) is 3.53. The molecule has 0 unspecified atom stereocenters. The standard InChI is InChI=1S/C24H23N3O3/c1-3-30-19-8-6-7-17(23(19)28)22(27-20-9-4-5-14-25-20)18-13-12-16-11-10-15(2)26-21(16)24(18)29/h4-14,22,28-29H,3H2,1-2H3,(H,25,27)/p+1/t22-/m1/s1. The quantitative estimate of drug-likeness (QED) is 0.446. The van der Waals surface area contributed by atoms with Crippen LogP contribution in [0.15, 0.2) is 66.9 Å². The van der Waals surface area contributed by atoms with Crippen molar-refractivity contribution in [3.05, 3.63) is 83.7 Å². The normalized spacial score (nSPS) is 11.9. The summed E-state index contributed by atoms with van der Waals surface area (Å²) in [4.78, 5) is 7.66. The molecule has 0 fully saturated rings. The van der Waals surface area contributed by atoms with Crippen LogP contribution in [0.25, 0.3) is 10.9 Å². The van der Waals surface area contributed by atoms with Crippen LogP contribution < -0.4 is 15.0 Å². The van der Waals surface area contributed by atoms with Crippen LogP contribution in [-0.2, 0) is 0 Å². The van der Waals surface area contributed by atoms with Gasteiger partial charge in [0.25, 0.3) is 5.82 Å². The second-order valence-corrected chi connectivity index (χ2v) is 7.01. The molecule has 0 bridgehead atoms. The number of aromatic nitrogens is 2. The number of aryl methyl sites for hydroxylation is 1. The molecule has 152 valence electrons. The Kier molecular flexibility index (Phi) is 5.39. The molecule has 4 aromatic rings. The molecule has 6 heteroatoms. The van der Waals surface area contributed by atoms with Gasteiger partial charge in [0.1, 0.15) is 11.3 Å². The number of phenols is 2. The third-order valence-corrected chi connectivity index (χ3v) is 4.97. The zero-order chi connectivity index (χ0) is 21.1. The highest BCUT2D eigenvalue weighted by Crippen LogP contribution is 2.41. The average molecular weight is 402 g/mol. The summed E-state index contributed by atoms with van der Waals surface area (Å²) in [5, 5.41) is 26.3. The van der Waals surface area contributed by atoms with Crippen molar-refractivity contribution in [2.24, 2.45) is 0 Å². The molecule has 2 aromatic carbocycles. The molecule has 0 aliphatic heterocycles. The summed E-state index contributed by atoms with van der Waals surface area (Å²) in [6, 6.07) is 18.1. The molecule has 1 atom stereocenters. The molecule has 0 saturated heterocycles. The number of aromatic hydroxyl groups is 2. The van der Waals surface area contributed by atoms with E-state index in [9.17, 15) is 10.2 Å². The summed E-state index contributed by atoms with van der Waals surface area (Å²) in [6.07, 6.45) is 1.81. The molecule has 2 heterocycles. The molecule has 6 nitrogen and oxygen atoms in total. The number of ether oxygens (including phenoxy) is 1. The molecular formula is C24H24N3O3+. The third-order valence-electron chi connectivity index (χ3n) is 4.97. The van der Waals surface area contributed by atoms with Crippen LogP contribution in [0.2, 0.25) is 0 Å². The first kappa shape index (κ1) is 19.5. The lowest BCUT2D eigenvalue weighted by atomic mass is 9.95. The highest BCUT2D eigenvalue weighted by Gasteiger charge is 2.28. The van der Waals surface area contributed by atoms with Crippen LogP contribution in [-0.4, -0.2) is 21.8 Å². The van der Waals surface area contributed by atoms with E-state index >= 15 is 0 Å². The predicted octanol–water partition coefficient (Wildman–Crippen LogP) is 4.37. The van der Waals surface area contributed by atoms with E-state index in [0.29, 0.717) is 29.0 Å². The monoisotopic (exact) mass is 402 g/mol. The Morgan fingerprint density at radius 3 is 2.53 bits per heavy atom. The van der Waals surface area contributed by atoms with Gasteiger partial charge in [-0.25, -0.2) is 9.97 Å². The lowest BCUT2D eigenvalue weighted by molar-refractivity contribution is -0.361. The zero-order valence-electron chi connectivity index (χ0n) is 16.9. The van der Waals surface area contributed by atoms with Crippen LogP contribution in [0, 0.1) is 6.92 Å². The van der Waals surface area contributed by atoms with E-state index < -0.39 is 6.04 Å². The van der Waals surface area contributed by atoms with Crippen molar-refractivity contribution in [2.45, 2.75) is 19.9 Å². The van der Waals surface area contributed by atoms with Crippen molar-refractivity contribution in [1.29, 1.82) is 0 Å². The number of anilines is 1. The van der Waals surface area contributed by atoms with E-state index in [1.807, 2.05) is 68.4 Å². The lowest BCUT2D eigenvalue weighted by Gasteiger charge is -2.20. The topological polar surface area (TPSA) is 88.8 Å². The summed E-state index contributed by atoms with van der Waals surface area (Å²) < 4.78 is 5.57. The molecule has 4 rings (SSSR count). The van der Waals surface area contributed by atoms with Gasteiger partial charge < -0.3 is 14.9 Å². The second-order valence-electron chi connectivity index (χ2n) is 7.01. The number of hydrogen-bond donors (Lipinski definition) is 3. The molecule has 0 aliphatic rings. The summed E-state index contributed by atoms with van der Waals surface area (Å²) in [5.41, 5.74) is 2.52. The summed E-state index contributed by atoms with van der Waals surface area (Å²) in [5.74, 6) is 1.24. The van der Waals surface area contributed by atoms with Gasteiger partial charge in [0, 0.05) is 28.3 Å². The number of H-pyrrole nitrogens is 1. The minimum Gasteiger partial charge on any atom is -0.505 e. The van der Waals surface area contributed by atoms with Crippen LogP contribution in [0.5, 0.6) is 17.2 Å². The van der Waals surface area contributed by atoms with Crippen LogP contribution in [0.3, 0.4) is 0 Å². The van der Waals surface area contributed by atoms with Gasteiger partial charge in [-0.1, -0.05) is 30.3 Å². The number of fused-ring (bicyclic) bond motifs is 1. The third kappa shape index (κ3) is 3.72. The Morgan fingerprint density at radius 1 is 0.967 bits per heavy atom. The minimum absolute atomic E-state index is 0.0319. The maximum Gasteiger partial charge on any atom is 0.272 e. The first-order valence-electron chi connectivity index (χ1n) is 9.85. The van der Waals surface area contributed by atoms with Gasteiger partial charge in [-0.05, 0) is 38.1 Å². The first-order valence-corrected chi connectivity index (χ1v) is 9.85. The second kappa shape index (κ2) is 8.29. The number of pyridine rings is 2. The number of hydrogen-bond acceptors (Lipinski definition) is 5. The molecule has 0 amide bonds. The number of para-hydroxylation sites is 1. The van der Waals surface area contributed by atoms with Gasteiger partial charge in [0.2, 0.25) is 0 Å². The largest absolute Gasteiger partial charge is 0.505 e. The number of rotatable bonds is 6. The van der Waals surface area contributed by atoms with Gasteiger partial charge in [0.05, 0.1) is 12.8 Å². The number of aromatic amines is 1. The summed E-state index contributed by atoms with van der Waals surface area (Å²) in [7, 11) is 0. The summed E-state index contributed by atoms with van der Waals surface area (Å²) in [6.45, 7) is 4.19. The SMILES string of the molecule is CCOc1cccc([C@@H](Nc2cccc[nH+]2)c2ccc3ccc(C)nc3c2O)c1O. The van der Waals surface area contributed by atoms with Crippen LogP contribution in [0.4, 0.5) is 5.82 Å². The summed E-state index contributed by atoms with van der Waals surface area (Å²) >= 11 is 0. The maximum atomic E-state index is 11.1. The van der Waals surface area contributed by atoms with Crippen molar-refractivity contribution in [1.82, 2.24) is 4.98 Å². The Morgan fingerprint density at radius 2 is 1.77 bits per heavy atom. The average Bonchev–Trinajstić information content (AvgIpc) is 2.76. The molecule has 0 aliphatic carbocycles. The van der Waals surface area contributed by atoms with E-state index in [0.717, 1.165) is 16.9 Å². The first-order chi connectivity index (χ1) is 14.6. The zero-order valence-corrected chi connectivity index (χ0v) is 16.9. The Hall–Kier alpha value is -3.80. The smallest absolute Gasteiger partial charge is 0.272 e. The molecule has 4 N–H and O–H groups in total. The minimum atomic E-state index is -0.546. The van der Waals surface area contributed by atoms with E-state index in [-0.39, 0.29) is 11.5 Å². The fraction of sp³-hybridized carbons (Fsp3) is 0.167.